The molecule has 6 heteroatoms. The van der Waals surface area contributed by atoms with Crippen molar-refractivity contribution in [2.24, 2.45) is 5.92 Å². The van der Waals surface area contributed by atoms with E-state index in [1.54, 1.807) is 4.90 Å². The van der Waals surface area contributed by atoms with Gasteiger partial charge < -0.3 is 10.0 Å². The van der Waals surface area contributed by atoms with Gasteiger partial charge in [0, 0.05) is 13.0 Å². The van der Waals surface area contributed by atoms with E-state index in [1.165, 1.54) is 0 Å². The first-order chi connectivity index (χ1) is 8.67. The van der Waals surface area contributed by atoms with E-state index < -0.39 is 0 Å². The molecule has 18 heavy (non-hydrogen) atoms. The number of aryl methyl sites for hydroxylation is 1. The fourth-order valence-corrected chi connectivity index (χ4v) is 2.41. The summed E-state index contributed by atoms with van der Waals surface area (Å²) in [5, 5.41) is 16.1. The van der Waals surface area contributed by atoms with E-state index in [0.717, 1.165) is 25.1 Å². The lowest BCUT2D eigenvalue weighted by Gasteiger charge is -2.23. The third-order valence-corrected chi connectivity index (χ3v) is 3.54. The number of nitrogens with one attached hydrogen (secondary N) is 1. The Labute approximate surface area is 106 Å². The zero-order valence-corrected chi connectivity index (χ0v) is 10.9. The molecule has 1 aromatic rings. The fourth-order valence-electron chi connectivity index (χ4n) is 2.41. The first kappa shape index (κ1) is 13.0. The number of carbonyl (C=O) groups is 1. The molecule has 0 saturated carbocycles. The summed E-state index contributed by atoms with van der Waals surface area (Å²) in [5.74, 6) is 1.10. The zero-order chi connectivity index (χ0) is 13.1. The smallest absolute Gasteiger partial charge is 0.293 e. The summed E-state index contributed by atoms with van der Waals surface area (Å²) in [7, 11) is 0. The van der Waals surface area contributed by atoms with Crippen molar-refractivity contribution >= 4 is 5.91 Å². The summed E-state index contributed by atoms with van der Waals surface area (Å²) in [6.07, 6.45) is 2.67. The highest BCUT2D eigenvalue weighted by Gasteiger charge is 2.35. The average Bonchev–Trinajstić information content (AvgIpc) is 2.95. The van der Waals surface area contributed by atoms with Gasteiger partial charge in [-0.05, 0) is 18.8 Å². The Kier molecular flexibility index (Phi) is 3.96. The SMILES string of the molecule is CCCc1nc(C(=O)N2CCC(C)C2CO)n[nH]1. The minimum atomic E-state index is -0.183. The zero-order valence-electron chi connectivity index (χ0n) is 10.9. The number of amides is 1. The minimum Gasteiger partial charge on any atom is -0.394 e. The maximum Gasteiger partial charge on any atom is 0.293 e. The molecule has 1 fully saturated rings. The Balaban J connectivity index is 2.10. The van der Waals surface area contributed by atoms with Crippen molar-refractivity contribution in [3.05, 3.63) is 11.6 Å². The number of rotatable bonds is 4. The molecule has 0 aliphatic carbocycles. The van der Waals surface area contributed by atoms with Crippen molar-refractivity contribution < 1.29 is 9.90 Å². The maximum absolute atomic E-state index is 12.2. The van der Waals surface area contributed by atoms with Crippen molar-refractivity contribution in [2.45, 2.75) is 39.2 Å². The van der Waals surface area contributed by atoms with Gasteiger partial charge in [0.15, 0.2) is 0 Å². The minimum absolute atomic E-state index is 0.000847. The highest BCUT2D eigenvalue weighted by atomic mass is 16.3. The number of carbonyl (C=O) groups excluding carboxylic acids is 1. The Morgan fingerprint density at radius 1 is 1.61 bits per heavy atom. The Bertz CT molecular complexity index is 418. The van der Waals surface area contributed by atoms with Crippen molar-refractivity contribution in [1.29, 1.82) is 0 Å². The van der Waals surface area contributed by atoms with Crippen molar-refractivity contribution in [3.8, 4) is 0 Å². The van der Waals surface area contributed by atoms with Crippen molar-refractivity contribution in [2.75, 3.05) is 13.2 Å². The molecule has 0 spiro atoms. The molecule has 6 nitrogen and oxygen atoms in total. The van der Waals surface area contributed by atoms with Gasteiger partial charge in [0.2, 0.25) is 5.82 Å². The molecule has 0 aromatic carbocycles. The second-order valence-electron chi connectivity index (χ2n) is 4.87. The van der Waals surface area contributed by atoms with Gasteiger partial charge in [-0.25, -0.2) is 4.98 Å². The number of hydrogen-bond acceptors (Lipinski definition) is 4. The monoisotopic (exact) mass is 252 g/mol. The number of aliphatic hydroxyl groups excluding tert-OH is 1. The Hall–Kier alpha value is -1.43. The van der Waals surface area contributed by atoms with Crippen LogP contribution in [0.1, 0.15) is 43.1 Å². The molecular weight excluding hydrogens is 232 g/mol. The summed E-state index contributed by atoms with van der Waals surface area (Å²) in [5.41, 5.74) is 0. The third-order valence-electron chi connectivity index (χ3n) is 3.54. The lowest BCUT2D eigenvalue weighted by molar-refractivity contribution is 0.0636. The molecule has 2 heterocycles. The molecule has 2 atom stereocenters. The van der Waals surface area contributed by atoms with Gasteiger partial charge >= 0.3 is 0 Å². The molecule has 1 aromatic heterocycles. The van der Waals surface area contributed by atoms with Crippen LogP contribution in [0, 0.1) is 5.92 Å². The van der Waals surface area contributed by atoms with Gasteiger partial charge in [-0.2, -0.15) is 0 Å². The standard InChI is InChI=1S/C12H20N4O2/c1-3-4-10-13-11(15-14-10)12(18)16-6-5-8(2)9(16)7-17/h8-9,17H,3-7H2,1-2H3,(H,13,14,15). The third kappa shape index (κ3) is 2.38. The van der Waals surface area contributed by atoms with Crippen LogP contribution in [0.15, 0.2) is 0 Å². The predicted molar refractivity (Wildman–Crippen MR) is 66.1 cm³/mol. The summed E-state index contributed by atoms with van der Waals surface area (Å²) in [6.45, 7) is 4.77. The predicted octanol–water partition coefficient (Wildman–Crippen LogP) is 0.600. The number of H-pyrrole nitrogens is 1. The van der Waals surface area contributed by atoms with Crippen LogP contribution in [0.25, 0.3) is 0 Å². The number of hydrogen-bond donors (Lipinski definition) is 2. The van der Waals surface area contributed by atoms with Crippen LogP contribution >= 0.6 is 0 Å². The molecule has 0 bridgehead atoms. The topological polar surface area (TPSA) is 82.1 Å². The van der Waals surface area contributed by atoms with Crippen LogP contribution in [0.3, 0.4) is 0 Å². The highest BCUT2D eigenvalue weighted by molar-refractivity contribution is 5.90. The average molecular weight is 252 g/mol. The molecule has 100 valence electrons. The second-order valence-corrected chi connectivity index (χ2v) is 4.87. The summed E-state index contributed by atoms with van der Waals surface area (Å²) in [6, 6.07) is -0.106. The van der Waals surface area contributed by atoms with Crippen molar-refractivity contribution in [1.82, 2.24) is 20.1 Å². The van der Waals surface area contributed by atoms with E-state index in [1.807, 2.05) is 6.92 Å². The first-order valence-electron chi connectivity index (χ1n) is 6.50. The number of nitrogens with zero attached hydrogens (tertiary/aromatic N) is 3. The molecule has 2 rings (SSSR count). The lowest BCUT2D eigenvalue weighted by Crippen LogP contribution is -2.40. The molecule has 1 aliphatic heterocycles. The van der Waals surface area contributed by atoms with Crippen LogP contribution in [-0.4, -0.2) is 50.3 Å². The lowest BCUT2D eigenvalue weighted by atomic mass is 10.0. The van der Waals surface area contributed by atoms with Gasteiger partial charge in [-0.3, -0.25) is 9.89 Å². The normalized spacial score (nSPS) is 23.6. The highest BCUT2D eigenvalue weighted by Crippen LogP contribution is 2.24. The molecule has 1 saturated heterocycles. The molecule has 2 N–H and O–H groups in total. The molecule has 0 radical (unpaired) electrons. The largest absolute Gasteiger partial charge is 0.394 e. The number of aliphatic hydroxyl groups is 1. The van der Waals surface area contributed by atoms with E-state index in [9.17, 15) is 9.90 Å². The number of aromatic nitrogens is 3. The van der Waals surface area contributed by atoms with Gasteiger partial charge in [0.05, 0.1) is 12.6 Å². The summed E-state index contributed by atoms with van der Waals surface area (Å²) < 4.78 is 0. The molecule has 1 amide bonds. The number of likely N-dealkylation sites (tertiary alicyclic amines) is 1. The van der Waals surface area contributed by atoms with E-state index in [-0.39, 0.29) is 24.4 Å². The van der Waals surface area contributed by atoms with Crippen molar-refractivity contribution in [3.63, 3.8) is 0 Å². The quantitative estimate of drug-likeness (QED) is 0.822. The summed E-state index contributed by atoms with van der Waals surface area (Å²) in [4.78, 5) is 18.1. The molecular formula is C12H20N4O2. The van der Waals surface area contributed by atoms with Crippen LogP contribution in [-0.2, 0) is 6.42 Å². The second kappa shape index (κ2) is 5.48. The van der Waals surface area contributed by atoms with Crippen LogP contribution < -0.4 is 0 Å². The van der Waals surface area contributed by atoms with Crippen LogP contribution in [0.4, 0.5) is 0 Å². The Morgan fingerprint density at radius 3 is 3.06 bits per heavy atom. The van der Waals surface area contributed by atoms with Gasteiger partial charge in [-0.1, -0.05) is 13.8 Å². The fraction of sp³-hybridized carbons (Fsp3) is 0.750. The van der Waals surface area contributed by atoms with E-state index >= 15 is 0 Å². The van der Waals surface area contributed by atoms with E-state index in [0.29, 0.717) is 12.5 Å². The van der Waals surface area contributed by atoms with Gasteiger partial charge in [0.1, 0.15) is 5.82 Å². The molecule has 1 aliphatic rings. The van der Waals surface area contributed by atoms with E-state index in [2.05, 4.69) is 22.1 Å². The van der Waals surface area contributed by atoms with Gasteiger partial charge in [-0.15, -0.1) is 5.10 Å². The summed E-state index contributed by atoms with van der Waals surface area (Å²) >= 11 is 0. The molecule has 2 unspecified atom stereocenters. The maximum atomic E-state index is 12.2. The number of aromatic amines is 1. The first-order valence-corrected chi connectivity index (χ1v) is 6.50. The van der Waals surface area contributed by atoms with Gasteiger partial charge in [0.25, 0.3) is 5.91 Å². The Morgan fingerprint density at radius 2 is 2.39 bits per heavy atom. The van der Waals surface area contributed by atoms with Crippen LogP contribution in [0.2, 0.25) is 0 Å². The van der Waals surface area contributed by atoms with E-state index in [4.69, 9.17) is 0 Å². The van der Waals surface area contributed by atoms with Crippen LogP contribution in [0.5, 0.6) is 0 Å².